The van der Waals surface area contributed by atoms with E-state index in [1.807, 2.05) is 19.9 Å². The van der Waals surface area contributed by atoms with E-state index in [-0.39, 0.29) is 11.3 Å². The predicted molar refractivity (Wildman–Crippen MR) is 81.4 cm³/mol. The summed E-state index contributed by atoms with van der Waals surface area (Å²) in [6.07, 6.45) is 3.07. The molecule has 0 aliphatic carbocycles. The SMILES string of the molecule is CCCCS(=O)(=O)NCCCCn1c(C)cccc1=O. The molecule has 5 nitrogen and oxygen atoms in total. The highest BCUT2D eigenvalue weighted by molar-refractivity contribution is 7.89. The summed E-state index contributed by atoms with van der Waals surface area (Å²) in [5.74, 6) is 0.195. The average molecular weight is 300 g/mol. The van der Waals surface area contributed by atoms with Gasteiger partial charge in [0.05, 0.1) is 5.75 Å². The first-order valence-electron chi connectivity index (χ1n) is 7.10. The number of pyridine rings is 1. The molecule has 0 fully saturated rings. The first-order valence-corrected chi connectivity index (χ1v) is 8.75. The van der Waals surface area contributed by atoms with Crippen LogP contribution in [-0.2, 0) is 16.6 Å². The summed E-state index contributed by atoms with van der Waals surface area (Å²) in [6.45, 7) is 4.93. The van der Waals surface area contributed by atoms with Crippen molar-refractivity contribution in [3.05, 3.63) is 34.2 Å². The van der Waals surface area contributed by atoms with Crippen LogP contribution in [0.5, 0.6) is 0 Å². The molecule has 1 heterocycles. The Kier molecular flexibility index (Phi) is 6.95. The molecular formula is C14H24N2O3S. The molecule has 1 rings (SSSR count). The molecule has 0 aliphatic rings. The summed E-state index contributed by atoms with van der Waals surface area (Å²) in [7, 11) is -3.12. The Hall–Kier alpha value is -1.14. The number of nitrogens with zero attached hydrogens (tertiary/aromatic N) is 1. The molecule has 6 heteroatoms. The third-order valence-electron chi connectivity index (χ3n) is 3.17. The molecule has 0 saturated heterocycles. The third kappa shape index (κ3) is 5.88. The molecule has 0 spiro atoms. The van der Waals surface area contributed by atoms with Gasteiger partial charge in [0, 0.05) is 24.8 Å². The second-order valence-electron chi connectivity index (χ2n) is 4.93. The molecule has 0 aliphatic heterocycles. The molecule has 0 atom stereocenters. The van der Waals surface area contributed by atoms with Gasteiger partial charge in [-0.1, -0.05) is 19.4 Å². The normalized spacial score (nSPS) is 11.7. The first kappa shape index (κ1) is 16.9. The highest BCUT2D eigenvalue weighted by Gasteiger charge is 2.07. The Morgan fingerprint density at radius 1 is 1.20 bits per heavy atom. The van der Waals surface area contributed by atoms with Crippen LogP contribution in [-0.4, -0.2) is 25.3 Å². The lowest BCUT2D eigenvalue weighted by Crippen LogP contribution is -2.28. The van der Waals surface area contributed by atoms with Gasteiger partial charge in [-0.05, 0) is 32.3 Å². The van der Waals surface area contributed by atoms with Crippen molar-refractivity contribution in [1.29, 1.82) is 0 Å². The summed E-state index contributed by atoms with van der Waals surface area (Å²) < 4.78 is 27.4. The fourth-order valence-corrected chi connectivity index (χ4v) is 3.21. The van der Waals surface area contributed by atoms with Crippen LogP contribution >= 0.6 is 0 Å². The van der Waals surface area contributed by atoms with E-state index in [0.717, 1.165) is 25.0 Å². The van der Waals surface area contributed by atoms with Crippen molar-refractivity contribution in [2.75, 3.05) is 12.3 Å². The van der Waals surface area contributed by atoms with Crippen LogP contribution in [0.2, 0.25) is 0 Å². The first-order chi connectivity index (χ1) is 9.46. The molecule has 0 radical (unpaired) electrons. The molecule has 0 bridgehead atoms. The van der Waals surface area contributed by atoms with Crippen LogP contribution in [0.25, 0.3) is 0 Å². The van der Waals surface area contributed by atoms with Gasteiger partial charge < -0.3 is 4.57 Å². The quantitative estimate of drug-likeness (QED) is 0.705. The number of nitrogens with one attached hydrogen (secondary N) is 1. The number of hydrogen-bond acceptors (Lipinski definition) is 3. The molecule has 0 unspecified atom stereocenters. The van der Waals surface area contributed by atoms with Gasteiger partial charge in [-0.25, -0.2) is 13.1 Å². The molecule has 0 amide bonds. The molecule has 114 valence electrons. The Bertz CT molecular complexity index is 564. The number of rotatable bonds is 9. The largest absolute Gasteiger partial charge is 0.313 e. The summed E-state index contributed by atoms with van der Waals surface area (Å²) >= 11 is 0. The fourth-order valence-electron chi connectivity index (χ4n) is 1.94. The number of aryl methyl sites for hydroxylation is 1. The topological polar surface area (TPSA) is 68.2 Å². The van der Waals surface area contributed by atoms with Gasteiger partial charge in [0.1, 0.15) is 0 Å². The summed E-state index contributed by atoms with van der Waals surface area (Å²) in [5, 5.41) is 0. The van der Waals surface area contributed by atoms with Crippen LogP contribution in [0.3, 0.4) is 0 Å². The minimum atomic E-state index is -3.12. The van der Waals surface area contributed by atoms with E-state index in [1.54, 1.807) is 16.7 Å². The van der Waals surface area contributed by atoms with Gasteiger partial charge in [0.2, 0.25) is 10.0 Å². The Morgan fingerprint density at radius 3 is 2.60 bits per heavy atom. The summed E-state index contributed by atoms with van der Waals surface area (Å²) in [5.41, 5.74) is 0.926. The highest BCUT2D eigenvalue weighted by atomic mass is 32.2. The van der Waals surface area contributed by atoms with Gasteiger partial charge in [-0.3, -0.25) is 4.79 Å². The maximum absolute atomic E-state index is 11.6. The minimum absolute atomic E-state index is 0.00599. The number of unbranched alkanes of at least 4 members (excludes halogenated alkanes) is 2. The molecule has 20 heavy (non-hydrogen) atoms. The smallest absolute Gasteiger partial charge is 0.250 e. The Morgan fingerprint density at radius 2 is 1.95 bits per heavy atom. The molecular weight excluding hydrogens is 276 g/mol. The third-order valence-corrected chi connectivity index (χ3v) is 4.64. The predicted octanol–water partition coefficient (Wildman–Crippen LogP) is 1.66. The number of sulfonamides is 1. The number of aromatic nitrogens is 1. The van der Waals surface area contributed by atoms with Gasteiger partial charge in [-0.2, -0.15) is 0 Å². The average Bonchev–Trinajstić information content (AvgIpc) is 2.39. The van der Waals surface area contributed by atoms with Gasteiger partial charge in [0.25, 0.3) is 5.56 Å². The van der Waals surface area contributed by atoms with E-state index in [2.05, 4.69) is 4.72 Å². The lowest BCUT2D eigenvalue weighted by Gasteiger charge is -2.09. The zero-order chi connectivity index (χ0) is 15.0. The number of hydrogen-bond donors (Lipinski definition) is 1. The van der Waals surface area contributed by atoms with Crippen molar-refractivity contribution in [2.45, 2.75) is 46.1 Å². The van der Waals surface area contributed by atoms with Crippen molar-refractivity contribution in [3.63, 3.8) is 0 Å². The zero-order valence-corrected chi connectivity index (χ0v) is 13.1. The van der Waals surface area contributed by atoms with Crippen molar-refractivity contribution in [2.24, 2.45) is 0 Å². The second-order valence-corrected chi connectivity index (χ2v) is 6.86. The fraction of sp³-hybridized carbons (Fsp3) is 0.643. The molecule has 1 aromatic heterocycles. The van der Waals surface area contributed by atoms with Crippen molar-refractivity contribution < 1.29 is 8.42 Å². The molecule has 0 aromatic carbocycles. The standard InChI is InChI=1S/C14H24N2O3S/c1-3-4-12-20(18,19)15-10-5-6-11-16-13(2)8-7-9-14(16)17/h7-9,15H,3-6,10-12H2,1-2H3. The van der Waals surface area contributed by atoms with Gasteiger partial charge in [0.15, 0.2) is 0 Å². The highest BCUT2D eigenvalue weighted by Crippen LogP contribution is 1.99. The zero-order valence-electron chi connectivity index (χ0n) is 12.3. The van der Waals surface area contributed by atoms with E-state index >= 15 is 0 Å². The summed E-state index contributed by atoms with van der Waals surface area (Å²) in [4.78, 5) is 11.6. The molecule has 1 N–H and O–H groups in total. The van der Waals surface area contributed by atoms with Crippen LogP contribution in [0, 0.1) is 6.92 Å². The van der Waals surface area contributed by atoms with Gasteiger partial charge in [-0.15, -0.1) is 0 Å². The summed E-state index contributed by atoms with van der Waals surface area (Å²) in [6, 6.07) is 5.19. The van der Waals surface area contributed by atoms with Crippen LogP contribution in [0.4, 0.5) is 0 Å². The lowest BCUT2D eigenvalue weighted by molar-refractivity contribution is 0.556. The van der Waals surface area contributed by atoms with Crippen molar-refractivity contribution >= 4 is 10.0 Å². The molecule has 1 aromatic rings. The lowest BCUT2D eigenvalue weighted by atomic mass is 10.3. The molecule has 0 saturated carbocycles. The minimum Gasteiger partial charge on any atom is -0.313 e. The van der Waals surface area contributed by atoms with Crippen LogP contribution in [0.15, 0.2) is 23.0 Å². The van der Waals surface area contributed by atoms with E-state index in [9.17, 15) is 13.2 Å². The van der Waals surface area contributed by atoms with Crippen molar-refractivity contribution in [3.8, 4) is 0 Å². The van der Waals surface area contributed by atoms with Crippen molar-refractivity contribution in [1.82, 2.24) is 9.29 Å². The monoisotopic (exact) mass is 300 g/mol. The van der Waals surface area contributed by atoms with E-state index in [0.29, 0.717) is 19.5 Å². The van der Waals surface area contributed by atoms with Crippen LogP contribution in [0.1, 0.15) is 38.3 Å². The second kappa shape index (κ2) is 8.21. The van der Waals surface area contributed by atoms with Crippen LogP contribution < -0.4 is 10.3 Å². The Labute approximate surface area is 121 Å². The van der Waals surface area contributed by atoms with Gasteiger partial charge >= 0.3 is 0 Å². The Balaban J connectivity index is 2.31. The van der Waals surface area contributed by atoms with E-state index in [1.165, 1.54) is 0 Å². The van der Waals surface area contributed by atoms with E-state index in [4.69, 9.17) is 0 Å². The maximum atomic E-state index is 11.6. The maximum Gasteiger partial charge on any atom is 0.250 e. The van der Waals surface area contributed by atoms with E-state index < -0.39 is 10.0 Å².